The number of rotatable bonds is 8. The van der Waals surface area contributed by atoms with Crippen molar-refractivity contribution in [3.05, 3.63) is 11.1 Å². The Morgan fingerprint density at radius 3 is 2.86 bits per heavy atom. The zero-order valence-electron chi connectivity index (χ0n) is 12.8. The van der Waals surface area contributed by atoms with Gasteiger partial charge in [-0.3, -0.25) is 4.79 Å². The van der Waals surface area contributed by atoms with Crippen LogP contribution in [0.3, 0.4) is 0 Å². The summed E-state index contributed by atoms with van der Waals surface area (Å²) in [7, 11) is 0. The van der Waals surface area contributed by atoms with Gasteiger partial charge in [0.1, 0.15) is 5.69 Å². The van der Waals surface area contributed by atoms with Crippen molar-refractivity contribution in [2.45, 2.75) is 39.0 Å². The van der Waals surface area contributed by atoms with Gasteiger partial charge in [-0.1, -0.05) is 32.6 Å². The van der Waals surface area contributed by atoms with Crippen LogP contribution in [0.4, 0.5) is 5.13 Å². The molecule has 0 spiro atoms. The van der Waals surface area contributed by atoms with Gasteiger partial charge in [0.05, 0.1) is 13.2 Å². The van der Waals surface area contributed by atoms with Crippen LogP contribution in [0.25, 0.3) is 0 Å². The van der Waals surface area contributed by atoms with Crippen LogP contribution in [0.15, 0.2) is 5.38 Å². The number of anilines is 1. The molecule has 1 aromatic heterocycles. The third-order valence-electron chi connectivity index (χ3n) is 3.57. The number of ether oxygens (including phenoxy) is 1. The van der Waals surface area contributed by atoms with Crippen LogP contribution in [0, 0.1) is 0 Å². The number of morpholine rings is 1. The van der Waals surface area contributed by atoms with Crippen LogP contribution in [0.5, 0.6) is 0 Å². The first kappa shape index (κ1) is 16.2. The van der Waals surface area contributed by atoms with Gasteiger partial charge in [0, 0.05) is 25.0 Å². The summed E-state index contributed by atoms with van der Waals surface area (Å²) in [5, 5.41) is 5.72. The van der Waals surface area contributed by atoms with Crippen molar-refractivity contribution in [1.82, 2.24) is 10.3 Å². The molecule has 1 aromatic rings. The van der Waals surface area contributed by atoms with Crippen LogP contribution in [-0.2, 0) is 4.74 Å². The molecule has 1 amide bonds. The fourth-order valence-electron chi connectivity index (χ4n) is 2.29. The number of carbonyl (C=O) groups excluding carboxylic acids is 1. The average molecular weight is 311 g/mol. The molecule has 1 fully saturated rings. The zero-order chi connectivity index (χ0) is 14.9. The highest BCUT2D eigenvalue weighted by Gasteiger charge is 2.17. The van der Waals surface area contributed by atoms with Crippen LogP contribution in [0.2, 0.25) is 0 Å². The molecule has 0 bridgehead atoms. The fraction of sp³-hybridized carbons (Fsp3) is 0.733. The van der Waals surface area contributed by atoms with E-state index >= 15 is 0 Å². The molecule has 1 saturated heterocycles. The summed E-state index contributed by atoms with van der Waals surface area (Å²) in [6.07, 6.45) is 6.01. The minimum atomic E-state index is -0.0544. The summed E-state index contributed by atoms with van der Waals surface area (Å²) >= 11 is 1.53. The summed E-state index contributed by atoms with van der Waals surface area (Å²) in [4.78, 5) is 18.6. The molecule has 0 unspecified atom stereocenters. The van der Waals surface area contributed by atoms with Crippen LogP contribution >= 0.6 is 11.3 Å². The lowest BCUT2D eigenvalue weighted by Crippen LogP contribution is -2.36. The van der Waals surface area contributed by atoms with E-state index < -0.39 is 0 Å². The van der Waals surface area contributed by atoms with Gasteiger partial charge in [-0.05, 0) is 6.42 Å². The molecule has 0 saturated carbocycles. The Kier molecular flexibility index (Phi) is 6.95. The molecule has 0 aliphatic carbocycles. The minimum Gasteiger partial charge on any atom is -0.378 e. The predicted molar refractivity (Wildman–Crippen MR) is 86.2 cm³/mol. The van der Waals surface area contributed by atoms with Gasteiger partial charge < -0.3 is 15.0 Å². The molecule has 21 heavy (non-hydrogen) atoms. The molecular formula is C15H25N3O2S. The number of aromatic nitrogens is 1. The maximum absolute atomic E-state index is 12.0. The van der Waals surface area contributed by atoms with E-state index in [-0.39, 0.29) is 5.91 Å². The number of thiazole rings is 1. The topological polar surface area (TPSA) is 54.5 Å². The Hall–Kier alpha value is -1.14. The molecule has 0 radical (unpaired) electrons. The minimum absolute atomic E-state index is 0.0544. The van der Waals surface area contributed by atoms with Crippen molar-refractivity contribution in [3.63, 3.8) is 0 Å². The number of carbonyl (C=O) groups is 1. The molecule has 0 atom stereocenters. The second kappa shape index (κ2) is 9.00. The Morgan fingerprint density at radius 1 is 1.33 bits per heavy atom. The number of unbranched alkanes of at least 4 members (excludes halogenated alkanes) is 4. The van der Waals surface area contributed by atoms with Crippen LogP contribution < -0.4 is 10.2 Å². The maximum atomic E-state index is 12.0. The lowest BCUT2D eigenvalue weighted by Gasteiger charge is -2.25. The first-order chi connectivity index (χ1) is 10.3. The molecule has 1 N–H and O–H groups in total. The molecule has 6 heteroatoms. The first-order valence-corrected chi connectivity index (χ1v) is 8.75. The number of amides is 1. The lowest BCUT2D eigenvalue weighted by molar-refractivity contribution is 0.0948. The molecule has 2 heterocycles. The van der Waals surface area contributed by atoms with Crippen molar-refractivity contribution in [2.75, 3.05) is 37.7 Å². The van der Waals surface area contributed by atoms with Crippen molar-refractivity contribution < 1.29 is 9.53 Å². The van der Waals surface area contributed by atoms with E-state index in [1.807, 2.05) is 5.38 Å². The number of nitrogens with one attached hydrogen (secondary N) is 1. The summed E-state index contributed by atoms with van der Waals surface area (Å²) in [6.45, 7) is 6.12. The quantitative estimate of drug-likeness (QED) is 0.750. The van der Waals surface area contributed by atoms with E-state index in [1.54, 1.807) is 0 Å². The molecule has 2 rings (SSSR count). The van der Waals surface area contributed by atoms with Crippen molar-refractivity contribution in [3.8, 4) is 0 Å². The van der Waals surface area contributed by atoms with E-state index in [4.69, 9.17) is 4.74 Å². The second-order valence-corrected chi connectivity index (χ2v) is 6.12. The first-order valence-electron chi connectivity index (χ1n) is 7.87. The third-order valence-corrected chi connectivity index (χ3v) is 4.47. The summed E-state index contributed by atoms with van der Waals surface area (Å²) in [5.41, 5.74) is 0.537. The van der Waals surface area contributed by atoms with Gasteiger partial charge in [-0.2, -0.15) is 0 Å². The smallest absolute Gasteiger partial charge is 0.270 e. The van der Waals surface area contributed by atoms with Gasteiger partial charge in [-0.25, -0.2) is 4.98 Å². The van der Waals surface area contributed by atoms with Crippen LogP contribution in [0.1, 0.15) is 49.5 Å². The van der Waals surface area contributed by atoms with Gasteiger partial charge >= 0.3 is 0 Å². The van der Waals surface area contributed by atoms with E-state index in [2.05, 4.69) is 22.1 Å². The van der Waals surface area contributed by atoms with Gasteiger partial charge in [0.15, 0.2) is 5.13 Å². The Bertz CT molecular complexity index is 430. The standard InChI is InChI=1S/C15H25N3O2S/c1-2-3-4-5-6-7-16-14(19)13-12-21-15(17-13)18-8-10-20-11-9-18/h12H,2-11H2,1H3,(H,16,19). The predicted octanol–water partition coefficient (Wildman–Crippen LogP) is 2.68. The number of hydrogen-bond acceptors (Lipinski definition) is 5. The van der Waals surface area contributed by atoms with Gasteiger partial charge in [-0.15, -0.1) is 11.3 Å². The monoisotopic (exact) mass is 311 g/mol. The van der Waals surface area contributed by atoms with Gasteiger partial charge in [0.25, 0.3) is 5.91 Å². The van der Waals surface area contributed by atoms with Crippen molar-refractivity contribution in [2.24, 2.45) is 0 Å². The molecule has 0 aromatic carbocycles. The maximum Gasteiger partial charge on any atom is 0.270 e. The molecule has 1 aliphatic rings. The highest BCUT2D eigenvalue weighted by Crippen LogP contribution is 2.21. The highest BCUT2D eigenvalue weighted by atomic mass is 32.1. The average Bonchev–Trinajstić information content (AvgIpc) is 3.01. The van der Waals surface area contributed by atoms with Crippen LogP contribution in [-0.4, -0.2) is 43.7 Å². The van der Waals surface area contributed by atoms with E-state index in [9.17, 15) is 4.79 Å². The third kappa shape index (κ3) is 5.28. The van der Waals surface area contributed by atoms with Crippen molar-refractivity contribution >= 4 is 22.4 Å². The highest BCUT2D eigenvalue weighted by molar-refractivity contribution is 7.13. The van der Waals surface area contributed by atoms with E-state index in [0.29, 0.717) is 5.69 Å². The lowest BCUT2D eigenvalue weighted by atomic mass is 10.1. The Labute approximate surface area is 130 Å². The Morgan fingerprint density at radius 2 is 2.10 bits per heavy atom. The molecule has 118 valence electrons. The summed E-state index contributed by atoms with van der Waals surface area (Å²) in [6, 6.07) is 0. The molecular weight excluding hydrogens is 286 g/mol. The van der Waals surface area contributed by atoms with E-state index in [1.165, 1.54) is 37.0 Å². The second-order valence-electron chi connectivity index (χ2n) is 5.28. The Balaban J connectivity index is 1.71. The number of nitrogens with zero attached hydrogens (tertiary/aromatic N) is 2. The molecule has 1 aliphatic heterocycles. The largest absolute Gasteiger partial charge is 0.378 e. The van der Waals surface area contributed by atoms with Crippen molar-refractivity contribution in [1.29, 1.82) is 0 Å². The SMILES string of the molecule is CCCCCCCNC(=O)c1csc(N2CCOCC2)n1. The summed E-state index contributed by atoms with van der Waals surface area (Å²) in [5.74, 6) is -0.0544. The van der Waals surface area contributed by atoms with Gasteiger partial charge in [0.2, 0.25) is 0 Å². The van der Waals surface area contributed by atoms with E-state index in [0.717, 1.165) is 44.4 Å². The zero-order valence-corrected chi connectivity index (χ0v) is 13.6. The normalized spacial score (nSPS) is 15.2. The fourth-order valence-corrected chi connectivity index (χ4v) is 3.15. The molecule has 5 nitrogen and oxygen atoms in total. The summed E-state index contributed by atoms with van der Waals surface area (Å²) < 4.78 is 5.32. The number of hydrogen-bond donors (Lipinski definition) is 1.